The number of nitrogens with one attached hydrogen (secondary N) is 2. The van der Waals surface area contributed by atoms with Crippen molar-refractivity contribution in [1.82, 2.24) is 20.5 Å². The molecule has 10 heteroatoms. The van der Waals surface area contributed by atoms with Crippen LogP contribution >= 0.6 is 0 Å². The monoisotopic (exact) mass is 738 g/mol. The highest BCUT2D eigenvalue weighted by molar-refractivity contribution is 5.97. The fourth-order valence-corrected chi connectivity index (χ4v) is 9.66. The number of nitrogens with zero attached hydrogens (tertiary/aromatic N) is 4. The topological polar surface area (TPSA) is 110 Å². The van der Waals surface area contributed by atoms with Gasteiger partial charge in [0.2, 0.25) is 11.8 Å². The summed E-state index contributed by atoms with van der Waals surface area (Å²) in [5.41, 5.74) is 8.48. The lowest BCUT2D eigenvalue weighted by atomic mass is 9.69. The largest absolute Gasteiger partial charge is 0.508 e. The molecule has 1 aromatic heterocycles. The minimum Gasteiger partial charge on any atom is -0.508 e. The number of amides is 2. The van der Waals surface area contributed by atoms with E-state index in [1.807, 2.05) is 18.2 Å². The summed E-state index contributed by atoms with van der Waals surface area (Å²) in [6.07, 6.45) is 5.56. The molecule has 10 nitrogen and oxygen atoms in total. The minimum atomic E-state index is -0.592. The first-order valence-electron chi connectivity index (χ1n) is 20.0. The van der Waals surface area contributed by atoms with E-state index in [1.54, 1.807) is 6.07 Å². The lowest BCUT2D eigenvalue weighted by Crippen LogP contribution is -2.58. The van der Waals surface area contributed by atoms with Crippen molar-refractivity contribution in [3.8, 4) is 11.6 Å². The number of aryl methyl sites for hydroxylation is 1. The highest BCUT2D eigenvalue weighted by Crippen LogP contribution is 2.47. The summed E-state index contributed by atoms with van der Waals surface area (Å²) in [5.74, 6) is 1.54. The van der Waals surface area contributed by atoms with E-state index in [9.17, 15) is 14.7 Å². The molecule has 5 aliphatic rings. The predicted octanol–water partition coefficient (Wildman–Crippen LogP) is 5.97. The molecule has 3 unspecified atom stereocenters. The van der Waals surface area contributed by atoms with Gasteiger partial charge in [0.1, 0.15) is 29.8 Å². The van der Waals surface area contributed by atoms with Crippen molar-refractivity contribution < 1.29 is 19.4 Å². The number of aromatic nitrogens is 1. The van der Waals surface area contributed by atoms with Crippen LogP contribution in [0.4, 0.5) is 11.4 Å². The molecule has 55 heavy (non-hydrogen) atoms. The van der Waals surface area contributed by atoms with Crippen LogP contribution in [0.25, 0.3) is 0 Å². The number of hydrogen-bond acceptors (Lipinski definition) is 8. The average molecular weight is 739 g/mol. The second kappa shape index (κ2) is 15.1. The third kappa shape index (κ3) is 7.27. The maximum Gasteiger partial charge on any atom is 0.270 e. The number of phenols is 1. The molecule has 4 aliphatic heterocycles. The minimum absolute atomic E-state index is 0.238. The van der Waals surface area contributed by atoms with Gasteiger partial charge in [-0.25, -0.2) is 4.98 Å². The van der Waals surface area contributed by atoms with Crippen LogP contribution in [0.5, 0.6) is 11.6 Å². The van der Waals surface area contributed by atoms with Crippen molar-refractivity contribution >= 4 is 23.2 Å². The Balaban J connectivity index is 0.788. The molecule has 3 N–H and O–H groups in total. The summed E-state index contributed by atoms with van der Waals surface area (Å²) in [4.78, 5) is 37.3. The first-order valence-corrected chi connectivity index (χ1v) is 20.0. The predicted molar refractivity (Wildman–Crippen MR) is 214 cm³/mol. The normalized spacial score (nSPS) is 24.2. The number of aromatic hydroxyl groups is 1. The van der Waals surface area contributed by atoms with Gasteiger partial charge in [-0.05, 0) is 109 Å². The first kappa shape index (κ1) is 35.4. The van der Waals surface area contributed by atoms with Crippen molar-refractivity contribution in [2.45, 2.75) is 62.4 Å². The fraction of sp³-hybridized carbons (Fsp3) is 0.400. The molecule has 1 aliphatic carbocycles. The van der Waals surface area contributed by atoms with Gasteiger partial charge in [0.15, 0.2) is 0 Å². The van der Waals surface area contributed by atoms with Crippen LogP contribution in [0.1, 0.15) is 76.7 Å². The fourth-order valence-electron chi connectivity index (χ4n) is 9.66. The van der Waals surface area contributed by atoms with Gasteiger partial charge >= 0.3 is 0 Å². The third-order valence-corrected chi connectivity index (χ3v) is 12.6. The quantitative estimate of drug-likeness (QED) is 0.213. The number of rotatable bonds is 7. The molecule has 4 atom stereocenters. The highest BCUT2D eigenvalue weighted by Gasteiger charge is 2.36. The van der Waals surface area contributed by atoms with E-state index in [4.69, 9.17) is 4.74 Å². The molecular weight excluding hydrogens is 689 g/mol. The molecule has 0 radical (unpaired) electrons. The van der Waals surface area contributed by atoms with Gasteiger partial charge < -0.3 is 30.3 Å². The van der Waals surface area contributed by atoms with E-state index >= 15 is 0 Å². The molecule has 3 saturated heterocycles. The van der Waals surface area contributed by atoms with Gasteiger partial charge in [-0.15, -0.1) is 0 Å². The van der Waals surface area contributed by atoms with Crippen LogP contribution in [0.15, 0.2) is 97.2 Å². The number of phenolic OH excluding ortho intramolecular Hbond substituents is 1. The molecule has 2 amide bonds. The lowest BCUT2D eigenvalue weighted by Gasteiger charge is -2.46. The highest BCUT2D eigenvalue weighted by atomic mass is 16.5. The lowest BCUT2D eigenvalue weighted by molar-refractivity contribution is -0.123. The van der Waals surface area contributed by atoms with E-state index in [1.165, 1.54) is 40.8 Å². The van der Waals surface area contributed by atoms with Crippen LogP contribution in [0, 0.1) is 5.92 Å². The van der Waals surface area contributed by atoms with E-state index < -0.39 is 6.04 Å². The summed E-state index contributed by atoms with van der Waals surface area (Å²) in [6.45, 7) is 10.4. The van der Waals surface area contributed by atoms with Crippen molar-refractivity contribution in [3.63, 3.8) is 0 Å². The number of anilines is 2. The zero-order valence-electron chi connectivity index (χ0n) is 31.3. The Morgan fingerprint density at radius 2 is 1.73 bits per heavy atom. The van der Waals surface area contributed by atoms with Gasteiger partial charge in [0.25, 0.3) is 5.91 Å². The molecule has 4 aromatic rings. The van der Waals surface area contributed by atoms with Crippen LogP contribution in [0.3, 0.4) is 0 Å². The Kier molecular flexibility index (Phi) is 9.68. The Labute approximate surface area is 323 Å². The molecule has 0 saturated carbocycles. The van der Waals surface area contributed by atoms with Gasteiger partial charge in [0, 0.05) is 56.6 Å². The van der Waals surface area contributed by atoms with Gasteiger partial charge in [-0.1, -0.05) is 55.1 Å². The molecule has 3 aromatic carbocycles. The van der Waals surface area contributed by atoms with Gasteiger partial charge in [-0.2, -0.15) is 0 Å². The second-order valence-corrected chi connectivity index (χ2v) is 16.0. The molecule has 9 rings (SSSR count). The molecule has 3 fully saturated rings. The average Bonchev–Trinajstić information content (AvgIpc) is 3.21. The van der Waals surface area contributed by atoms with Crippen molar-refractivity contribution in [1.29, 1.82) is 0 Å². The van der Waals surface area contributed by atoms with Gasteiger partial charge in [-0.3, -0.25) is 14.5 Å². The van der Waals surface area contributed by atoms with E-state index in [2.05, 4.69) is 97.6 Å². The third-order valence-electron chi connectivity index (χ3n) is 12.6. The summed E-state index contributed by atoms with van der Waals surface area (Å²) in [5, 5.41) is 15.8. The smallest absolute Gasteiger partial charge is 0.270 e. The summed E-state index contributed by atoms with van der Waals surface area (Å²) < 4.78 is 6.14. The summed E-state index contributed by atoms with van der Waals surface area (Å²) in [7, 11) is 0. The number of benzene rings is 3. The number of allylic oxidation sites excluding steroid dienone is 1. The van der Waals surface area contributed by atoms with E-state index in [-0.39, 0.29) is 29.5 Å². The molecule has 0 bridgehead atoms. The number of pyridine rings is 1. The van der Waals surface area contributed by atoms with Crippen LogP contribution < -0.4 is 25.2 Å². The number of piperazine rings is 1. The van der Waals surface area contributed by atoms with E-state index in [0.29, 0.717) is 48.6 Å². The molecule has 0 spiro atoms. The number of ether oxygens (including phenoxy) is 1. The van der Waals surface area contributed by atoms with Gasteiger partial charge in [0.05, 0.1) is 6.04 Å². The number of carbonyl (C=O) groups is 2. The Bertz CT molecular complexity index is 2060. The summed E-state index contributed by atoms with van der Waals surface area (Å²) in [6, 6.07) is 29.5. The summed E-state index contributed by atoms with van der Waals surface area (Å²) >= 11 is 0. The van der Waals surface area contributed by atoms with Crippen LogP contribution in [-0.2, 0) is 11.2 Å². The SMILES string of the molecule is C=C1CCC(NC(=O)c2ccc3c(n2)OCC2CN(CC4CCN(c5ccc([C@@H]6c7ccc(O)cc7CCC6c6ccccc6)cc5)CC4)CCN32)C(=O)N1. The Hall–Kier alpha value is -5.35. The molecular formula is C45H50N6O4. The van der Waals surface area contributed by atoms with Crippen molar-refractivity contribution in [3.05, 3.63) is 125 Å². The Morgan fingerprint density at radius 3 is 2.53 bits per heavy atom. The van der Waals surface area contributed by atoms with Crippen LogP contribution in [0.2, 0.25) is 0 Å². The number of hydrogen-bond donors (Lipinski definition) is 3. The maximum absolute atomic E-state index is 13.0. The number of fused-ring (bicyclic) bond motifs is 4. The zero-order chi connectivity index (χ0) is 37.5. The second-order valence-electron chi connectivity index (χ2n) is 16.0. The maximum atomic E-state index is 13.0. The van der Waals surface area contributed by atoms with E-state index in [0.717, 1.165) is 57.8 Å². The number of piperidine rings is 2. The Morgan fingerprint density at radius 1 is 0.909 bits per heavy atom. The molecule has 284 valence electrons. The first-order chi connectivity index (χ1) is 26.9. The number of carbonyl (C=O) groups excluding carboxylic acids is 2. The van der Waals surface area contributed by atoms with Crippen molar-refractivity contribution in [2.24, 2.45) is 5.92 Å². The van der Waals surface area contributed by atoms with Crippen molar-refractivity contribution in [2.75, 3.05) is 55.7 Å². The standard InChI is InChI=1S/C45H50N6O4/c1-29-7-16-39(43(53)46-29)47-44(54)40-17-18-41-45(48-40)55-28-35-27-49(23-24-51(35)41)26-30-19-21-50(22-20-30)34-11-8-32(9-12-34)42-37(31-5-3-2-4-6-31)14-10-33-25-36(52)13-15-38(33)42/h2-6,8-9,11-13,15,17-18,25,30,35,37,39,42,52H,1,7,10,14,16,19-24,26-28H2,(H,46,53)(H,47,54)/t35?,37?,39?,42-/m0/s1. The molecule has 5 heterocycles. The zero-order valence-corrected chi connectivity index (χ0v) is 31.3. The van der Waals surface area contributed by atoms with Crippen LogP contribution in [-0.4, -0.2) is 84.8 Å².